The summed E-state index contributed by atoms with van der Waals surface area (Å²) in [6.45, 7) is 36.2. The molecular formula is C62H89NO16P2. The maximum Gasteiger partial charge on any atom is 0.311 e. The van der Waals surface area contributed by atoms with Crippen LogP contribution in [0.15, 0.2) is 48.5 Å². The Morgan fingerprint density at radius 2 is 0.778 bits per heavy atom. The minimum absolute atomic E-state index is 0.279. The fourth-order valence-electron chi connectivity index (χ4n) is 8.74. The monoisotopic (exact) mass is 1170 g/mol. The van der Waals surface area contributed by atoms with Crippen LogP contribution in [0.4, 0.5) is 0 Å². The van der Waals surface area contributed by atoms with E-state index in [0.29, 0.717) is 16.8 Å². The molecule has 81 heavy (non-hydrogen) atoms. The molecule has 17 nitrogen and oxygen atoms in total. The van der Waals surface area contributed by atoms with Crippen LogP contribution in [-0.2, 0) is 75.7 Å². The number of carbonyl (C=O) groups is 6. The highest BCUT2D eigenvalue weighted by molar-refractivity contribution is 7.10. The summed E-state index contributed by atoms with van der Waals surface area (Å²) in [7, 11) is 4.46. The zero-order valence-corrected chi connectivity index (χ0v) is 53.7. The number of carbonyl (C=O) groups excluding carboxylic acids is 6. The Balaban J connectivity index is 1.52. The predicted molar refractivity (Wildman–Crippen MR) is 312 cm³/mol. The van der Waals surface area contributed by atoms with Crippen molar-refractivity contribution in [1.29, 1.82) is 0 Å². The summed E-state index contributed by atoms with van der Waals surface area (Å²) in [5, 5.41) is 0. The van der Waals surface area contributed by atoms with Gasteiger partial charge in [-0.3, -0.25) is 33.8 Å². The molecule has 0 saturated carbocycles. The molecule has 3 aromatic rings. The van der Waals surface area contributed by atoms with Crippen LogP contribution < -0.4 is 0 Å². The van der Waals surface area contributed by atoms with E-state index < -0.39 is 129 Å². The zero-order valence-electron chi connectivity index (χ0n) is 51.4. The van der Waals surface area contributed by atoms with E-state index in [0.717, 1.165) is 33.5 Å². The number of pyridine rings is 1. The van der Waals surface area contributed by atoms with Crippen molar-refractivity contribution in [2.45, 2.75) is 206 Å². The number of aryl methyl sites for hydroxylation is 3. The lowest BCUT2D eigenvalue weighted by molar-refractivity contribution is -0.249. The highest BCUT2D eigenvalue weighted by Crippen LogP contribution is 2.44. The number of hydrogen-bond donors (Lipinski definition) is 0. The van der Waals surface area contributed by atoms with Gasteiger partial charge in [0.05, 0.1) is 38.2 Å². The van der Waals surface area contributed by atoms with Gasteiger partial charge in [0.2, 0.25) is 0 Å². The molecule has 0 amide bonds. The summed E-state index contributed by atoms with van der Waals surface area (Å²) in [4.78, 5) is 85.9. The van der Waals surface area contributed by atoms with Gasteiger partial charge in [-0.1, -0.05) is 36.4 Å². The molecule has 3 heterocycles. The third kappa shape index (κ3) is 16.5. The second-order valence-corrected chi connectivity index (χ2v) is 28.1. The molecule has 2 aliphatic heterocycles. The van der Waals surface area contributed by atoms with Gasteiger partial charge in [0, 0.05) is 35.8 Å². The first-order valence-corrected chi connectivity index (χ1v) is 28.4. The lowest BCUT2D eigenvalue weighted by Gasteiger charge is -2.46. The topological polar surface area (TPSA) is 208 Å². The van der Waals surface area contributed by atoms with Gasteiger partial charge in [-0.05, 0) is 185 Å². The first-order valence-electron chi connectivity index (χ1n) is 27.5. The van der Waals surface area contributed by atoms with E-state index in [1.165, 1.54) is 0 Å². The second-order valence-electron chi connectivity index (χ2n) is 27.5. The standard InChI is InChI=1S/C62H89NO16P2/c1-32-28-35(22-24-38(32)44-49(78-80)48(77-56(69)62(19,20)21)45(74-53(66)59(10,11)12)41(73-44)30-70-51(64)57(4,5)6)39-26-27-40(63-34(39)3)36-23-25-37(33(2)29-36)43-47(76-55(68)61(16,17)18)50(79-81)46(75-54(67)60(13,14)15)42(72-43)31-71-52(65)58(7,8)9/h22-29,41-50H,30-31,80-81H2,1-21H3/t41-,42-,43-,44-,45-,46-,47-,48+,49-,50+/m1/s1. The van der Waals surface area contributed by atoms with Crippen molar-refractivity contribution in [3.63, 3.8) is 0 Å². The van der Waals surface area contributed by atoms with Gasteiger partial charge in [-0.25, -0.2) is 0 Å². The summed E-state index contributed by atoms with van der Waals surface area (Å²) in [5.41, 5.74) is 1.42. The number of hydrogen-bond acceptors (Lipinski definition) is 17. The Morgan fingerprint density at radius 1 is 0.432 bits per heavy atom. The molecule has 19 heteroatoms. The molecule has 2 aliphatic rings. The van der Waals surface area contributed by atoms with E-state index in [-0.39, 0.29) is 13.2 Å². The van der Waals surface area contributed by atoms with E-state index in [1.807, 2.05) is 69.3 Å². The summed E-state index contributed by atoms with van der Waals surface area (Å²) in [5.74, 6) is -3.19. The van der Waals surface area contributed by atoms with Crippen LogP contribution in [-0.4, -0.2) is 103 Å². The van der Waals surface area contributed by atoms with Crippen molar-refractivity contribution in [1.82, 2.24) is 4.98 Å². The zero-order chi connectivity index (χ0) is 61.3. The van der Waals surface area contributed by atoms with E-state index in [1.54, 1.807) is 125 Å². The highest BCUT2D eigenvalue weighted by atomic mass is 31.0. The average molecular weight is 1170 g/mol. The van der Waals surface area contributed by atoms with Gasteiger partial charge in [-0.15, -0.1) is 0 Å². The van der Waals surface area contributed by atoms with Crippen molar-refractivity contribution in [2.75, 3.05) is 13.2 Å². The molecule has 0 N–H and O–H groups in total. The Bertz CT molecular complexity index is 2790. The van der Waals surface area contributed by atoms with E-state index in [9.17, 15) is 28.8 Å². The van der Waals surface area contributed by atoms with Crippen LogP contribution in [0.1, 0.15) is 165 Å². The Kier molecular flexibility index (Phi) is 21.1. The molecule has 448 valence electrons. The van der Waals surface area contributed by atoms with E-state index in [4.69, 9.17) is 51.9 Å². The molecule has 2 aromatic carbocycles. The summed E-state index contributed by atoms with van der Waals surface area (Å²) in [6, 6.07) is 15.5. The van der Waals surface area contributed by atoms with Crippen LogP contribution in [0, 0.1) is 53.3 Å². The summed E-state index contributed by atoms with van der Waals surface area (Å²) >= 11 is 0. The second kappa shape index (κ2) is 25.5. The highest BCUT2D eigenvalue weighted by Gasteiger charge is 2.55. The fourth-order valence-corrected chi connectivity index (χ4v) is 9.35. The van der Waals surface area contributed by atoms with Gasteiger partial charge in [0.15, 0.2) is 24.4 Å². The SMILES string of the molecule is Cc1cc(-c2ccc(-c3ccc([C@H]4O[C@H](COC(=O)C(C)(C)C)[C@@H](OC(=O)C(C)(C)C)[C@H](OP)[C@@H]4OC(=O)C(C)(C)C)c(C)c3)nc2C)ccc1[C@H]1O[C@H](COC(=O)C(C)(C)C)[C@@H](OC(=O)C(C)(C)C)[C@H](OC(=O)C(C)(C)C)[C@@H]1OP. The molecule has 2 unspecified atom stereocenters. The van der Waals surface area contributed by atoms with Gasteiger partial charge in [-0.2, -0.15) is 0 Å². The van der Waals surface area contributed by atoms with Gasteiger partial charge in [0.1, 0.15) is 49.8 Å². The van der Waals surface area contributed by atoms with Crippen molar-refractivity contribution in [3.8, 4) is 22.4 Å². The number of esters is 6. The predicted octanol–water partition coefficient (Wildman–Crippen LogP) is 11.6. The van der Waals surface area contributed by atoms with Crippen molar-refractivity contribution < 1.29 is 75.7 Å². The summed E-state index contributed by atoms with van der Waals surface area (Å²) in [6.07, 6.45) is -10.7. The van der Waals surface area contributed by atoms with Crippen molar-refractivity contribution in [3.05, 3.63) is 76.5 Å². The normalized spacial score (nSPS) is 23.9. The lowest BCUT2D eigenvalue weighted by Crippen LogP contribution is -2.60. The van der Waals surface area contributed by atoms with Gasteiger partial charge < -0.3 is 46.9 Å². The van der Waals surface area contributed by atoms with Gasteiger partial charge in [0.25, 0.3) is 0 Å². The number of rotatable bonds is 14. The minimum Gasteiger partial charge on any atom is -0.462 e. The molecular weight excluding hydrogens is 1080 g/mol. The van der Waals surface area contributed by atoms with Crippen molar-refractivity contribution >= 4 is 54.7 Å². The largest absolute Gasteiger partial charge is 0.462 e. The number of benzene rings is 2. The molecule has 0 spiro atoms. The van der Waals surface area contributed by atoms with Crippen LogP contribution in [0.2, 0.25) is 0 Å². The molecule has 0 aliphatic carbocycles. The fraction of sp³-hybridized carbons (Fsp3) is 0.629. The first-order chi connectivity index (χ1) is 37.1. The van der Waals surface area contributed by atoms with E-state index >= 15 is 0 Å². The third-order valence-corrected chi connectivity index (χ3v) is 14.5. The third-order valence-electron chi connectivity index (χ3n) is 13.8. The average Bonchev–Trinajstić information content (AvgIpc) is 3.54. The van der Waals surface area contributed by atoms with E-state index in [2.05, 4.69) is 18.9 Å². The smallest absolute Gasteiger partial charge is 0.311 e. The van der Waals surface area contributed by atoms with Crippen molar-refractivity contribution in [2.24, 2.45) is 32.5 Å². The molecule has 12 atom stereocenters. The van der Waals surface area contributed by atoms with Crippen LogP contribution in [0.5, 0.6) is 0 Å². The molecule has 2 saturated heterocycles. The Morgan fingerprint density at radius 3 is 1.15 bits per heavy atom. The Labute approximate surface area is 484 Å². The maximum absolute atomic E-state index is 13.7. The number of nitrogens with zero attached hydrogens (tertiary/aromatic N) is 1. The number of ether oxygens (including phenoxy) is 8. The quantitative estimate of drug-likeness (QED) is 0.0835. The van der Waals surface area contributed by atoms with Crippen LogP contribution in [0.25, 0.3) is 22.4 Å². The first kappa shape index (κ1) is 66.9. The maximum atomic E-state index is 13.7. The van der Waals surface area contributed by atoms with Crippen LogP contribution in [0.3, 0.4) is 0 Å². The molecule has 5 rings (SSSR count). The lowest BCUT2D eigenvalue weighted by atomic mass is 9.87. The Hall–Kier alpha value is -4.89. The minimum atomic E-state index is -1.22. The molecule has 2 fully saturated rings. The van der Waals surface area contributed by atoms with Gasteiger partial charge >= 0.3 is 35.8 Å². The molecule has 0 radical (unpaired) electrons. The van der Waals surface area contributed by atoms with Crippen LogP contribution >= 0.6 is 18.9 Å². The number of aromatic nitrogens is 1. The molecule has 0 bridgehead atoms. The molecule has 1 aromatic heterocycles. The summed E-state index contributed by atoms with van der Waals surface area (Å²) < 4.78 is 61.9.